The minimum atomic E-state index is -0.497. The molecule has 0 heterocycles. The highest BCUT2D eigenvalue weighted by molar-refractivity contribution is 5.91. The molecule has 0 aromatic rings. The SMILES string of the molecule is CC(C)C(=O)/C=C/CN(C)C(=O)OC(C)(C)C. The van der Waals surface area contributed by atoms with Crippen LogP contribution in [0.25, 0.3) is 0 Å². The number of likely N-dealkylation sites (N-methyl/N-ethyl adjacent to an activating group) is 1. The molecule has 0 rings (SSSR count). The molecule has 0 spiro atoms. The Bertz CT molecular complexity index is 300. The summed E-state index contributed by atoms with van der Waals surface area (Å²) in [7, 11) is 1.64. The van der Waals surface area contributed by atoms with E-state index in [1.807, 2.05) is 34.6 Å². The van der Waals surface area contributed by atoms with Gasteiger partial charge < -0.3 is 9.64 Å². The average molecular weight is 241 g/mol. The summed E-state index contributed by atoms with van der Waals surface area (Å²) in [6.07, 6.45) is 2.79. The Morgan fingerprint density at radius 2 is 1.82 bits per heavy atom. The van der Waals surface area contributed by atoms with Crippen molar-refractivity contribution in [2.75, 3.05) is 13.6 Å². The molecule has 0 atom stereocenters. The van der Waals surface area contributed by atoms with Crippen molar-refractivity contribution in [3.8, 4) is 0 Å². The van der Waals surface area contributed by atoms with Gasteiger partial charge in [-0.25, -0.2) is 4.79 Å². The minimum Gasteiger partial charge on any atom is -0.444 e. The number of rotatable bonds is 4. The van der Waals surface area contributed by atoms with E-state index < -0.39 is 5.60 Å². The maximum Gasteiger partial charge on any atom is 0.410 e. The Morgan fingerprint density at radius 1 is 1.29 bits per heavy atom. The van der Waals surface area contributed by atoms with Crippen LogP contribution in [-0.4, -0.2) is 36.0 Å². The Balaban J connectivity index is 4.15. The Hall–Kier alpha value is -1.32. The summed E-state index contributed by atoms with van der Waals surface area (Å²) >= 11 is 0. The maximum atomic E-state index is 11.6. The van der Waals surface area contributed by atoms with Crippen LogP contribution in [0.15, 0.2) is 12.2 Å². The summed E-state index contributed by atoms with van der Waals surface area (Å²) in [4.78, 5) is 24.3. The highest BCUT2D eigenvalue weighted by Crippen LogP contribution is 2.08. The fraction of sp³-hybridized carbons (Fsp3) is 0.692. The first kappa shape index (κ1) is 15.7. The Kier molecular flexibility index (Phi) is 5.93. The number of carbonyl (C=O) groups excluding carboxylic acids is 2. The molecule has 0 N–H and O–H groups in total. The quantitative estimate of drug-likeness (QED) is 0.711. The summed E-state index contributed by atoms with van der Waals surface area (Å²) in [5.41, 5.74) is -0.497. The van der Waals surface area contributed by atoms with E-state index in [2.05, 4.69) is 0 Å². The average Bonchev–Trinajstić information content (AvgIpc) is 2.14. The van der Waals surface area contributed by atoms with E-state index in [0.717, 1.165) is 0 Å². The molecule has 0 aliphatic rings. The van der Waals surface area contributed by atoms with Crippen LogP contribution in [0.3, 0.4) is 0 Å². The minimum absolute atomic E-state index is 0.0157. The first-order chi connectivity index (χ1) is 7.63. The van der Waals surface area contributed by atoms with E-state index in [0.29, 0.717) is 6.54 Å². The van der Waals surface area contributed by atoms with Gasteiger partial charge in [-0.05, 0) is 26.8 Å². The van der Waals surface area contributed by atoms with Gasteiger partial charge in [0.2, 0.25) is 0 Å². The van der Waals surface area contributed by atoms with Crippen molar-refractivity contribution < 1.29 is 14.3 Å². The van der Waals surface area contributed by atoms with Crippen LogP contribution in [0.5, 0.6) is 0 Å². The first-order valence-electron chi connectivity index (χ1n) is 5.78. The zero-order valence-corrected chi connectivity index (χ0v) is 11.6. The third kappa shape index (κ3) is 7.55. The number of carbonyl (C=O) groups is 2. The number of nitrogens with zero attached hydrogens (tertiary/aromatic N) is 1. The van der Waals surface area contributed by atoms with Gasteiger partial charge in [0.1, 0.15) is 5.60 Å². The molecule has 0 radical (unpaired) electrons. The number of hydrogen-bond donors (Lipinski definition) is 0. The molecule has 0 saturated carbocycles. The summed E-state index contributed by atoms with van der Waals surface area (Å²) < 4.78 is 5.17. The molecule has 4 nitrogen and oxygen atoms in total. The van der Waals surface area contributed by atoms with Crippen molar-refractivity contribution in [1.82, 2.24) is 4.90 Å². The van der Waals surface area contributed by atoms with Gasteiger partial charge in [-0.15, -0.1) is 0 Å². The van der Waals surface area contributed by atoms with Crippen LogP contribution in [0.2, 0.25) is 0 Å². The second-order valence-corrected chi connectivity index (χ2v) is 5.32. The van der Waals surface area contributed by atoms with Crippen LogP contribution >= 0.6 is 0 Å². The lowest BCUT2D eigenvalue weighted by Crippen LogP contribution is -2.34. The van der Waals surface area contributed by atoms with E-state index in [1.165, 1.54) is 11.0 Å². The lowest BCUT2D eigenvalue weighted by molar-refractivity contribution is -0.117. The molecule has 0 aliphatic carbocycles. The van der Waals surface area contributed by atoms with Crippen LogP contribution in [0, 0.1) is 5.92 Å². The lowest BCUT2D eigenvalue weighted by Gasteiger charge is -2.23. The molecule has 1 amide bonds. The van der Waals surface area contributed by atoms with Crippen LogP contribution in [-0.2, 0) is 9.53 Å². The van der Waals surface area contributed by atoms with Crippen molar-refractivity contribution >= 4 is 11.9 Å². The van der Waals surface area contributed by atoms with Crippen LogP contribution in [0.4, 0.5) is 4.79 Å². The van der Waals surface area contributed by atoms with Gasteiger partial charge in [-0.2, -0.15) is 0 Å². The van der Waals surface area contributed by atoms with Gasteiger partial charge in [0.05, 0.1) is 0 Å². The predicted octanol–water partition coefficient (Wildman–Crippen LogP) is 2.63. The van der Waals surface area contributed by atoms with Crippen LogP contribution < -0.4 is 0 Å². The van der Waals surface area contributed by atoms with E-state index in [9.17, 15) is 9.59 Å². The van der Waals surface area contributed by atoms with Crippen molar-refractivity contribution in [2.24, 2.45) is 5.92 Å². The van der Waals surface area contributed by atoms with Gasteiger partial charge in [0.25, 0.3) is 0 Å². The second kappa shape index (κ2) is 6.42. The summed E-state index contributed by atoms with van der Waals surface area (Å²) in [6, 6.07) is 0. The molecule has 0 bridgehead atoms. The number of hydrogen-bond acceptors (Lipinski definition) is 3. The maximum absolute atomic E-state index is 11.6. The van der Waals surface area contributed by atoms with Crippen LogP contribution in [0.1, 0.15) is 34.6 Å². The summed E-state index contributed by atoms with van der Waals surface area (Å²) in [6.45, 7) is 9.49. The molecule has 0 saturated heterocycles. The number of allylic oxidation sites excluding steroid dienone is 1. The third-order valence-electron chi connectivity index (χ3n) is 1.94. The fourth-order valence-electron chi connectivity index (χ4n) is 0.934. The number of amides is 1. The molecule has 0 aromatic carbocycles. The van der Waals surface area contributed by atoms with Gasteiger partial charge in [0.15, 0.2) is 5.78 Å². The zero-order chi connectivity index (χ0) is 13.6. The van der Waals surface area contributed by atoms with E-state index >= 15 is 0 Å². The largest absolute Gasteiger partial charge is 0.444 e. The van der Waals surface area contributed by atoms with E-state index in [4.69, 9.17) is 4.74 Å². The molecular weight excluding hydrogens is 218 g/mol. The summed E-state index contributed by atoms with van der Waals surface area (Å²) in [5, 5.41) is 0. The second-order valence-electron chi connectivity index (χ2n) is 5.32. The van der Waals surface area contributed by atoms with E-state index in [-0.39, 0.29) is 17.8 Å². The third-order valence-corrected chi connectivity index (χ3v) is 1.94. The monoisotopic (exact) mass is 241 g/mol. The van der Waals surface area contributed by atoms with Crippen molar-refractivity contribution in [2.45, 2.75) is 40.2 Å². The highest BCUT2D eigenvalue weighted by Gasteiger charge is 2.18. The smallest absolute Gasteiger partial charge is 0.410 e. The van der Waals surface area contributed by atoms with Gasteiger partial charge in [-0.3, -0.25) is 4.79 Å². The standard InChI is InChI=1S/C13H23NO3/c1-10(2)11(15)8-7-9-14(6)12(16)17-13(3,4)5/h7-8,10H,9H2,1-6H3/b8-7+. The molecule has 17 heavy (non-hydrogen) atoms. The molecule has 0 aromatic heterocycles. The van der Waals surface area contributed by atoms with Crippen molar-refractivity contribution in [1.29, 1.82) is 0 Å². The Labute approximate surface area is 104 Å². The van der Waals surface area contributed by atoms with E-state index in [1.54, 1.807) is 13.1 Å². The molecule has 0 aliphatic heterocycles. The molecule has 98 valence electrons. The predicted molar refractivity (Wildman–Crippen MR) is 67.8 cm³/mol. The fourth-order valence-corrected chi connectivity index (χ4v) is 0.934. The lowest BCUT2D eigenvalue weighted by atomic mass is 10.1. The van der Waals surface area contributed by atoms with Crippen molar-refractivity contribution in [3.63, 3.8) is 0 Å². The molecule has 4 heteroatoms. The van der Waals surface area contributed by atoms with Crippen molar-refractivity contribution in [3.05, 3.63) is 12.2 Å². The van der Waals surface area contributed by atoms with Gasteiger partial charge >= 0.3 is 6.09 Å². The zero-order valence-electron chi connectivity index (χ0n) is 11.6. The molecular formula is C13H23NO3. The number of ether oxygens (including phenoxy) is 1. The first-order valence-corrected chi connectivity index (χ1v) is 5.78. The Morgan fingerprint density at radius 3 is 2.24 bits per heavy atom. The highest BCUT2D eigenvalue weighted by atomic mass is 16.6. The molecule has 0 fully saturated rings. The van der Waals surface area contributed by atoms with Gasteiger partial charge in [-0.1, -0.05) is 19.9 Å². The summed E-state index contributed by atoms with van der Waals surface area (Å²) in [5.74, 6) is 0.0423. The van der Waals surface area contributed by atoms with Gasteiger partial charge in [0, 0.05) is 19.5 Å². The number of ketones is 1. The topological polar surface area (TPSA) is 46.6 Å². The normalized spacial score (nSPS) is 11.9. The molecule has 0 unspecified atom stereocenters.